The van der Waals surface area contributed by atoms with Crippen molar-refractivity contribution in [3.05, 3.63) is 45.0 Å². The van der Waals surface area contributed by atoms with E-state index in [1.807, 2.05) is 24.3 Å². The van der Waals surface area contributed by atoms with Gasteiger partial charge in [0.05, 0.1) is 11.0 Å². The summed E-state index contributed by atoms with van der Waals surface area (Å²) in [7, 11) is 0. The SMILES string of the molecule is CCC[C@@H]1CCC[C@@H](N2CC[C@@H](n3c(=O)c(=O)[nH]c4ccccc43)C[C@H]2CCC)C1. The van der Waals surface area contributed by atoms with Crippen LogP contribution in [0.1, 0.15) is 84.1 Å². The van der Waals surface area contributed by atoms with Crippen molar-refractivity contribution in [1.82, 2.24) is 14.5 Å². The predicted octanol–water partition coefficient (Wildman–Crippen LogP) is 4.85. The Kier molecular flexibility index (Phi) is 6.77. The van der Waals surface area contributed by atoms with Crippen LogP contribution in [0.3, 0.4) is 0 Å². The molecule has 1 aliphatic heterocycles. The average Bonchev–Trinajstić information content (AvgIpc) is 2.75. The largest absolute Gasteiger partial charge is 0.316 e. The number of likely N-dealkylation sites (tertiary alicyclic amines) is 1. The number of piperidine rings is 1. The Bertz CT molecular complexity index is 961. The molecule has 1 aliphatic carbocycles. The number of para-hydroxylation sites is 2. The number of H-pyrrole nitrogens is 1. The van der Waals surface area contributed by atoms with E-state index in [1.165, 1.54) is 44.9 Å². The molecular weight excluding hydrogens is 374 g/mol. The number of fused-ring (bicyclic) bond motifs is 1. The molecule has 4 rings (SSSR count). The van der Waals surface area contributed by atoms with Crippen LogP contribution in [0.25, 0.3) is 11.0 Å². The van der Waals surface area contributed by atoms with Gasteiger partial charge in [0, 0.05) is 24.7 Å². The quantitative estimate of drug-likeness (QED) is 0.691. The van der Waals surface area contributed by atoms with Gasteiger partial charge < -0.3 is 4.98 Å². The number of benzene rings is 1. The molecule has 0 radical (unpaired) electrons. The van der Waals surface area contributed by atoms with Crippen LogP contribution in [0.5, 0.6) is 0 Å². The molecule has 1 N–H and O–H groups in total. The summed E-state index contributed by atoms with van der Waals surface area (Å²) in [4.78, 5) is 30.7. The summed E-state index contributed by atoms with van der Waals surface area (Å²) in [6.45, 7) is 5.60. The zero-order valence-electron chi connectivity index (χ0n) is 18.6. The lowest BCUT2D eigenvalue weighted by Gasteiger charge is -2.47. The van der Waals surface area contributed by atoms with E-state index in [0.29, 0.717) is 12.1 Å². The Balaban J connectivity index is 1.60. The number of rotatable bonds is 6. The van der Waals surface area contributed by atoms with Crippen LogP contribution >= 0.6 is 0 Å². The monoisotopic (exact) mass is 411 g/mol. The van der Waals surface area contributed by atoms with Crippen LogP contribution in [0.15, 0.2) is 33.9 Å². The van der Waals surface area contributed by atoms with Crippen molar-refractivity contribution in [2.75, 3.05) is 6.54 Å². The number of hydrogen-bond acceptors (Lipinski definition) is 3. The normalized spacial score (nSPS) is 28.1. The molecule has 0 amide bonds. The minimum atomic E-state index is -0.502. The molecule has 1 saturated heterocycles. The van der Waals surface area contributed by atoms with Gasteiger partial charge in [-0.15, -0.1) is 0 Å². The van der Waals surface area contributed by atoms with E-state index >= 15 is 0 Å². The minimum Gasteiger partial charge on any atom is -0.316 e. The lowest BCUT2D eigenvalue weighted by molar-refractivity contribution is 0.0353. The van der Waals surface area contributed by atoms with Gasteiger partial charge in [0.15, 0.2) is 0 Å². The Morgan fingerprint density at radius 2 is 1.77 bits per heavy atom. The Labute approximate surface area is 179 Å². The van der Waals surface area contributed by atoms with Crippen LogP contribution in [-0.4, -0.2) is 33.1 Å². The highest BCUT2D eigenvalue weighted by Crippen LogP contribution is 2.37. The first-order valence-corrected chi connectivity index (χ1v) is 12.1. The second-order valence-electron chi connectivity index (χ2n) is 9.48. The Morgan fingerprint density at radius 1 is 0.967 bits per heavy atom. The highest BCUT2D eigenvalue weighted by atomic mass is 16.2. The molecule has 164 valence electrons. The number of aromatic nitrogens is 2. The summed E-state index contributed by atoms with van der Waals surface area (Å²) < 4.78 is 1.80. The molecule has 1 aromatic carbocycles. The summed E-state index contributed by atoms with van der Waals surface area (Å²) in [5.41, 5.74) is 0.712. The Hall–Kier alpha value is -1.88. The third-order valence-corrected chi connectivity index (χ3v) is 7.47. The molecule has 5 heteroatoms. The third kappa shape index (κ3) is 4.27. The molecular formula is C25H37N3O2. The number of hydrogen-bond donors (Lipinski definition) is 1. The van der Waals surface area contributed by atoms with Crippen molar-refractivity contribution in [2.24, 2.45) is 5.92 Å². The molecule has 5 nitrogen and oxygen atoms in total. The van der Waals surface area contributed by atoms with Gasteiger partial charge >= 0.3 is 11.1 Å². The van der Waals surface area contributed by atoms with Crippen LogP contribution in [-0.2, 0) is 0 Å². The maximum atomic E-state index is 12.9. The predicted molar refractivity (Wildman–Crippen MR) is 123 cm³/mol. The van der Waals surface area contributed by atoms with Crippen molar-refractivity contribution < 1.29 is 0 Å². The maximum absolute atomic E-state index is 12.9. The molecule has 2 aromatic rings. The van der Waals surface area contributed by atoms with E-state index in [9.17, 15) is 9.59 Å². The lowest BCUT2D eigenvalue weighted by atomic mass is 9.80. The average molecular weight is 412 g/mol. The van der Waals surface area contributed by atoms with Crippen molar-refractivity contribution in [1.29, 1.82) is 0 Å². The van der Waals surface area contributed by atoms with Gasteiger partial charge in [-0.1, -0.05) is 58.1 Å². The van der Waals surface area contributed by atoms with Gasteiger partial charge in [0.2, 0.25) is 0 Å². The van der Waals surface area contributed by atoms with Crippen molar-refractivity contribution >= 4 is 11.0 Å². The lowest BCUT2D eigenvalue weighted by Crippen LogP contribution is -2.51. The van der Waals surface area contributed by atoms with Crippen molar-refractivity contribution in [2.45, 2.75) is 96.2 Å². The fraction of sp³-hybridized carbons (Fsp3) is 0.680. The van der Waals surface area contributed by atoms with Crippen LogP contribution < -0.4 is 11.1 Å². The zero-order valence-corrected chi connectivity index (χ0v) is 18.6. The molecule has 30 heavy (non-hydrogen) atoms. The minimum absolute atomic E-state index is 0.104. The van der Waals surface area contributed by atoms with Gasteiger partial charge in [0.25, 0.3) is 0 Å². The molecule has 0 unspecified atom stereocenters. The van der Waals surface area contributed by atoms with E-state index in [0.717, 1.165) is 42.8 Å². The third-order valence-electron chi connectivity index (χ3n) is 7.47. The fourth-order valence-corrected chi connectivity index (χ4v) is 6.16. The first-order valence-electron chi connectivity index (χ1n) is 12.1. The van der Waals surface area contributed by atoms with Gasteiger partial charge in [-0.25, -0.2) is 0 Å². The van der Waals surface area contributed by atoms with Crippen molar-refractivity contribution in [3.8, 4) is 0 Å². The summed E-state index contributed by atoms with van der Waals surface area (Å²) in [5, 5.41) is 0. The van der Waals surface area contributed by atoms with Crippen molar-refractivity contribution in [3.63, 3.8) is 0 Å². The smallest absolute Gasteiger partial charge is 0.316 e. The standard InChI is InChI=1S/C25H37N3O2/c1-3-8-18-10-7-11-20(16-18)27-15-14-21(17-19(27)9-4-2)28-23-13-6-5-12-22(23)26-24(29)25(28)30/h5-6,12-13,18-21H,3-4,7-11,14-17H2,1-2H3,(H,26,29)/t18-,19-,20-,21-/m1/s1. The molecule has 1 aromatic heterocycles. The number of aromatic amines is 1. The zero-order chi connectivity index (χ0) is 21.1. The molecule has 1 saturated carbocycles. The van der Waals surface area contributed by atoms with Gasteiger partial charge in [-0.05, 0) is 50.2 Å². The summed E-state index contributed by atoms with van der Waals surface area (Å²) >= 11 is 0. The van der Waals surface area contributed by atoms with E-state index in [2.05, 4.69) is 23.7 Å². The first-order chi connectivity index (χ1) is 14.6. The van der Waals surface area contributed by atoms with Crippen LogP contribution in [0.2, 0.25) is 0 Å². The van der Waals surface area contributed by atoms with E-state index in [1.54, 1.807) is 4.57 Å². The Morgan fingerprint density at radius 3 is 2.57 bits per heavy atom. The topological polar surface area (TPSA) is 58.1 Å². The van der Waals surface area contributed by atoms with E-state index in [4.69, 9.17) is 0 Å². The maximum Gasteiger partial charge on any atom is 0.316 e. The summed E-state index contributed by atoms with van der Waals surface area (Å²) in [5.74, 6) is 0.882. The van der Waals surface area contributed by atoms with E-state index < -0.39 is 11.1 Å². The second kappa shape index (κ2) is 9.51. The van der Waals surface area contributed by atoms with E-state index in [-0.39, 0.29) is 6.04 Å². The number of nitrogens with one attached hydrogen (secondary N) is 1. The highest BCUT2D eigenvalue weighted by molar-refractivity contribution is 5.74. The number of nitrogens with zero attached hydrogens (tertiary/aromatic N) is 2. The molecule has 0 bridgehead atoms. The van der Waals surface area contributed by atoms with Crippen LogP contribution in [0, 0.1) is 5.92 Å². The van der Waals surface area contributed by atoms with Gasteiger partial charge in [-0.3, -0.25) is 19.1 Å². The van der Waals surface area contributed by atoms with Gasteiger partial charge in [-0.2, -0.15) is 0 Å². The molecule has 2 aliphatic rings. The molecule has 2 fully saturated rings. The first kappa shape index (κ1) is 21.4. The molecule has 0 spiro atoms. The fourth-order valence-electron chi connectivity index (χ4n) is 6.16. The molecule has 4 atom stereocenters. The summed E-state index contributed by atoms with van der Waals surface area (Å²) in [6.07, 6.45) is 12.3. The van der Waals surface area contributed by atoms with Gasteiger partial charge in [0.1, 0.15) is 0 Å². The molecule has 2 heterocycles. The van der Waals surface area contributed by atoms with Crippen LogP contribution in [0.4, 0.5) is 0 Å². The second-order valence-corrected chi connectivity index (χ2v) is 9.48. The highest BCUT2D eigenvalue weighted by Gasteiger charge is 2.36. The summed E-state index contributed by atoms with van der Waals surface area (Å²) in [6, 6.07) is 9.01.